The van der Waals surface area contributed by atoms with Gasteiger partial charge in [-0.1, -0.05) is 18.2 Å². The van der Waals surface area contributed by atoms with Crippen LogP contribution in [-0.2, 0) is 28.7 Å². The molecule has 0 radical (unpaired) electrons. The molecule has 0 bridgehead atoms. The second-order valence-corrected chi connectivity index (χ2v) is 9.96. The Morgan fingerprint density at radius 2 is 1.84 bits per heavy atom. The van der Waals surface area contributed by atoms with Crippen LogP contribution in [0.3, 0.4) is 0 Å². The molecular weight excluding hydrogens is 482 g/mol. The van der Waals surface area contributed by atoms with Crippen LogP contribution in [0.5, 0.6) is 0 Å². The fourth-order valence-electron chi connectivity index (χ4n) is 4.18. The molecule has 0 aromatic heterocycles. The number of carbonyl (C=O) groups is 6. The largest absolute Gasteiger partial charge is 0.460 e. The number of hydrazine groups is 2. The van der Waals surface area contributed by atoms with E-state index in [1.54, 1.807) is 51.1 Å². The summed E-state index contributed by atoms with van der Waals surface area (Å²) >= 11 is 0. The monoisotopic (exact) mass is 515 g/mol. The highest BCUT2D eigenvalue weighted by Crippen LogP contribution is 2.25. The normalized spacial score (nSPS) is 20.8. The Bertz CT molecular complexity index is 1040. The summed E-state index contributed by atoms with van der Waals surface area (Å²) in [5.41, 5.74) is 4.54. The van der Waals surface area contributed by atoms with Crippen molar-refractivity contribution in [3.8, 4) is 0 Å². The predicted molar refractivity (Wildman–Crippen MR) is 130 cm³/mol. The molecule has 0 unspecified atom stereocenters. The maximum Gasteiger partial charge on any atom is 0.308 e. The molecule has 3 N–H and O–H groups in total. The van der Waals surface area contributed by atoms with E-state index in [0.717, 1.165) is 5.01 Å². The predicted octanol–water partition coefficient (Wildman–Crippen LogP) is 0.234. The number of nitrogens with zero attached hydrogens (tertiary/aromatic N) is 2. The SMILES string of the molecule is CC(C)(C)OC(=O)C[C@@H](C=O)NNC(=O)[C@@H]1CCCN2C(=O)CC[C@H](NC(=O)c3ccccc3)C(=O)N12. The highest BCUT2D eigenvalue weighted by molar-refractivity contribution is 5.99. The summed E-state index contributed by atoms with van der Waals surface area (Å²) in [5.74, 6) is -2.64. The molecule has 0 spiro atoms. The molecule has 1 aromatic carbocycles. The Morgan fingerprint density at radius 3 is 2.49 bits per heavy atom. The molecule has 2 heterocycles. The van der Waals surface area contributed by atoms with Crippen LogP contribution in [0.2, 0.25) is 0 Å². The van der Waals surface area contributed by atoms with E-state index in [9.17, 15) is 28.8 Å². The van der Waals surface area contributed by atoms with Crippen molar-refractivity contribution in [2.75, 3.05) is 6.54 Å². The number of ether oxygens (including phenoxy) is 1. The van der Waals surface area contributed by atoms with E-state index in [-0.39, 0.29) is 38.1 Å². The fourth-order valence-corrected chi connectivity index (χ4v) is 4.18. The van der Waals surface area contributed by atoms with Crippen molar-refractivity contribution in [1.29, 1.82) is 0 Å². The minimum absolute atomic E-state index is 0.0255. The standard InChI is InChI=1S/C25H33N5O7/c1-25(2,3)37-21(33)14-17(15-31)27-28-23(35)19-10-7-13-29-20(32)12-11-18(24(36)30(19)29)26-22(34)16-8-5-4-6-9-16/h4-6,8-9,15,17-19,27H,7,10-14H2,1-3H3,(H,26,34)(H,28,35)/t17-,18-,19-/m0/s1. The molecule has 2 fully saturated rings. The molecule has 4 amide bonds. The van der Waals surface area contributed by atoms with Gasteiger partial charge in [-0.05, 0) is 52.2 Å². The summed E-state index contributed by atoms with van der Waals surface area (Å²) < 4.78 is 5.20. The number of esters is 1. The quantitative estimate of drug-likeness (QED) is 0.253. The third-order valence-electron chi connectivity index (χ3n) is 5.86. The summed E-state index contributed by atoms with van der Waals surface area (Å²) in [6.45, 7) is 5.34. The van der Waals surface area contributed by atoms with Crippen molar-refractivity contribution in [2.24, 2.45) is 0 Å². The minimum Gasteiger partial charge on any atom is -0.460 e. The third kappa shape index (κ3) is 7.35. The number of hydrogen-bond donors (Lipinski definition) is 3. The van der Waals surface area contributed by atoms with Crippen molar-refractivity contribution in [3.05, 3.63) is 35.9 Å². The van der Waals surface area contributed by atoms with Crippen LogP contribution >= 0.6 is 0 Å². The van der Waals surface area contributed by atoms with Crippen molar-refractivity contribution >= 4 is 35.9 Å². The molecule has 2 saturated heterocycles. The van der Waals surface area contributed by atoms with Gasteiger partial charge in [0.2, 0.25) is 5.91 Å². The van der Waals surface area contributed by atoms with Gasteiger partial charge in [0.15, 0.2) is 0 Å². The first-order valence-corrected chi connectivity index (χ1v) is 12.2. The zero-order valence-electron chi connectivity index (χ0n) is 21.2. The zero-order chi connectivity index (χ0) is 27.2. The summed E-state index contributed by atoms with van der Waals surface area (Å²) in [4.78, 5) is 75.5. The van der Waals surface area contributed by atoms with E-state index in [0.29, 0.717) is 18.3 Å². The summed E-state index contributed by atoms with van der Waals surface area (Å²) in [5, 5.41) is 5.04. The van der Waals surface area contributed by atoms with E-state index in [4.69, 9.17) is 4.74 Å². The topological polar surface area (TPSA) is 154 Å². The number of hydrogen-bond acceptors (Lipinski definition) is 8. The second kappa shape index (κ2) is 12.0. The van der Waals surface area contributed by atoms with E-state index >= 15 is 0 Å². The van der Waals surface area contributed by atoms with Gasteiger partial charge < -0.3 is 14.8 Å². The smallest absolute Gasteiger partial charge is 0.308 e. The first-order chi connectivity index (χ1) is 17.5. The molecule has 12 heteroatoms. The summed E-state index contributed by atoms with van der Waals surface area (Å²) in [6.07, 6.45) is 1.01. The average Bonchev–Trinajstić information content (AvgIpc) is 2.97. The maximum absolute atomic E-state index is 13.5. The molecule has 2 aliphatic heterocycles. The molecule has 200 valence electrons. The lowest BCUT2D eigenvalue weighted by molar-refractivity contribution is -0.176. The van der Waals surface area contributed by atoms with Crippen molar-refractivity contribution in [2.45, 2.75) is 76.6 Å². The fraction of sp³-hybridized carbons (Fsp3) is 0.520. The molecular formula is C25H33N5O7. The second-order valence-electron chi connectivity index (χ2n) is 9.96. The van der Waals surface area contributed by atoms with E-state index in [1.165, 1.54) is 5.01 Å². The number of amides is 4. The average molecular weight is 516 g/mol. The lowest BCUT2D eigenvalue weighted by Crippen LogP contribution is -2.65. The Balaban J connectivity index is 1.69. The van der Waals surface area contributed by atoms with Gasteiger partial charge in [0.25, 0.3) is 17.7 Å². The van der Waals surface area contributed by atoms with Crippen molar-refractivity contribution < 1.29 is 33.5 Å². The van der Waals surface area contributed by atoms with Crippen LogP contribution in [0.25, 0.3) is 0 Å². The highest BCUT2D eigenvalue weighted by atomic mass is 16.6. The van der Waals surface area contributed by atoms with Crippen LogP contribution in [-0.4, -0.2) is 76.2 Å². The first kappa shape index (κ1) is 27.8. The Labute approximate surface area is 215 Å². The third-order valence-corrected chi connectivity index (χ3v) is 5.86. The van der Waals surface area contributed by atoms with E-state index < -0.39 is 47.4 Å². The van der Waals surface area contributed by atoms with Crippen LogP contribution in [0.4, 0.5) is 0 Å². The first-order valence-electron chi connectivity index (χ1n) is 12.2. The molecule has 2 aliphatic rings. The Hall–Kier alpha value is -3.80. The van der Waals surface area contributed by atoms with Gasteiger partial charge in [-0.15, -0.1) is 0 Å². The van der Waals surface area contributed by atoms with Crippen molar-refractivity contribution in [1.82, 2.24) is 26.2 Å². The molecule has 0 saturated carbocycles. The van der Waals surface area contributed by atoms with Crippen LogP contribution < -0.4 is 16.2 Å². The number of benzene rings is 1. The van der Waals surface area contributed by atoms with Crippen LogP contribution in [0.15, 0.2) is 30.3 Å². The number of carbonyl (C=O) groups excluding carboxylic acids is 6. The Morgan fingerprint density at radius 1 is 1.14 bits per heavy atom. The van der Waals surface area contributed by atoms with E-state index in [2.05, 4.69) is 16.2 Å². The van der Waals surface area contributed by atoms with Crippen LogP contribution in [0, 0.1) is 0 Å². The minimum atomic E-state index is -1.06. The number of fused-ring (bicyclic) bond motifs is 1. The van der Waals surface area contributed by atoms with Gasteiger partial charge >= 0.3 is 5.97 Å². The molecule has 12 nitrogen and oxygen atoms in total. The lowest BCUT2D eigenvalue weighted by atomic mass is 10.1. The van der Waals surface area contributed by atoms with Gasteiger partial charge in [0.1, 0.15) is 24.0 Å². The van der Waals surface area contributed by atoms with Gasteiger partial charge in [-0.25, -0.2) is 10.4 Å². The summed E-state index contributed by atoms with van der Waals surface area (Å²) in [7, 11) is 0. The molecule has 0 aliphatic carbocycles. The Kier molecular flexibility index (Phi) is 8.98. The lowest BCUT2D eigenvalue weighted by Gasteiger charge is -2.42. The molecule has 37 heavy (non-hydrogen) atoms. The van der Waals surface area contributed by atoms with E-state index in [1.807, 2.05) is 0 Å². The number of aldehydes is 1. The van der Waals surface area contributed by atoms with Crippen molar-refractivity contribution in [3.63, 3.8) is 0 Å². The number of rotatable bonds is 8. The summed E-state index contributed by atoms with van der Waals surface area (Å²) in [6, 6.07) is 5.26. The molecule has 3 atom stereocenters. The van der Waals surface area contributed by atoms with Gasteiger partial charge in [-0.3, -0.25) is 34.4 Å². The number of nitrogens with one attached hydrogen (secondary N) is 3. The van der Waals surface area contributed by atoms with Gasteiger partial charge in [0.05, 0.1) is 12.5 Å². The van der Waals surface area contributed by atoms with Crippen LogP contribution in [0.1, 0.15) is 63.2 Å². The zero-order valence-corrected chi connectivity index (χ0v) is 21.2. The highest BCUT2D eigenvalue weighted by Gasteiger charge is 2.44. The van der Waals surface area contributed by atoms with Gasteiger partial charge in [0, 0.05) is 18.5 Å². The molecule has 1 aromatic rings. The van der Waals surface area contributed by atoms with Gasteiger partial charge in [-0.2, -0.15) is 0 Å². The molecule has 3 rings (SSSR count). The maximum atomic E-state index is 13.5.